The fourth-order valence-electron chi connectivity index (χ4n) is 2.23. The van der Waals surface area contributed by atoms with Gasteiger partial charge in [0.25, 0.3) is 11.6 Å². The number of methoxy groups -OCH3 is 1. The third kappa shape index (κ3) is 3.62. The van der Waals surface area contributed by atoms with Gasteiger partial charge in [-0.15, -0.1) is 0 Å². The molecule has 2 aromatic carbocycles. The number of carbonyl (C=O) groups excluding carboxylic acids is 1. The maximum Gasteiger partial charge on any atom is 0.274 e. The third-order valence-electron chi connectivity index (χ3n) is 3.48. The molecule has 0 bridgehead atoms. The van der Waals surface area contributed by atoms with Crippen LogP contribution in [-0.2, 0) is 0 Å². The number of ether oxygens (including phenoxy) is 2. The topological polar surface area (TPSA) is 90.7 Å². The van der Waals surface area contributed by atoms with Gasteiger partial charge < -0.3 is 14.8 Å². The second kappa shape index (κ2) is 7.45. The van der Waals surface area contributed by atoms with E-state index in [-0.39, 0.29) is 11.6 Å². The lowest BCUT2D eigenvalue weighted by molar-refractivity contribution is -0.385. The summed E-state index contributed by atoms with van der Waals surface area (Å²) >= 11 is 0. The van der Waals surface area contributed by atoms with E-state index in [1.54, 1.807) is 31.2 Å². The van der Waals surface area contributed by atoms with Gasteiger partial charge in [0.2, 0.25) is 0 Å². The van der Waals surface area contributed by atoms with Crippen molar-refractivity contribution in [1.82, 2.24) is 0 Å². The lowest BCUT2D eigenvalue weighted by Crippen LogP contribution is -2.13. The van der Waals surface area contributed by atoms with Crippen molar-refractivity contribution in [3.8, 4) is 11.5 Å². The number of nitrogens with zero attached hydrogens (tertiary/aromatic N) is 1. The molecule has 0 radical (unpaired) electrons. The number of carbonyl (C=O) groups is 1. The molecule has 24 heavy (non-hydrogen) atoms. The summed E-state index contributed by atoms with van der Waals surface area (Å²) in [4.78, 5) is 22.9. The van der Waals surface area contributed by atoms with E-state index in [0.717, 1.165) is 0 Å². The summed E-state index contributed by atoms with van der Waals surface area (Å²) in [6.45, 7) is 3.92. The van der Waals surface area contributed by atoms with Crippen molar-refractivity contribution in [2.45, 2.75) is 13.8 Å². The van der Waals surface area contributed by atoms with Crippen molar-refractivity contribution in [3.63, 3.8) is 0 Å². The molecule has 0 spiro atoms. The molecule has 0 heterocycles. The van der Waals surface area contributed by atoms with Crippen LogP contribution in [0.3, 0.4) is 0 Å². The average Bonchev–Trinajstić information content (AvgIpc) is 2.57. The number of amides is 1. The van der Waals surface area contributed by atoms with Crippen LogP contribution in [0.2, 0.25) is 0 Å². The average molecular weight is 330 g/mol. The van der Waals surface area contributed by atoms with Gasteiger partial charge in [-0.2, -0.15) is 0 Å². The Kier molecular flexibility index (Phi) is 5.36. The molecule has 2 aromatic rings. The second-order valence-corrected chi connectivity index (χ2v) is 4.96. The zero-order chi connectivity index (χ0) is 17.7. The minimum atomic E-state index is -0.481. The van der Waals surface area contributed by atoms with Gasteiger partial charge >= 0.3 is 0 Å². The molecule has 0 aliphatic heterocycles. The fourth-order valence-corrected chi connectivity index (χ4v) is 2.23. The van der Waals surface area contributed by atoms with Crippen LogP contribution in [0, 0.1) is 17.0 Å². The first-order chi connectivity index (χ1) is 11.5. The molecular formula is C17H18N2O5. The van der Waals surface area contributed by atoms with Gasteiger partial charge in [-0.05, 0) is 38.1 Å². The highest BCUT2D eigenvalue weighted by atomic mass is 16.6. The molecule has 7 heteroatoms. The minimum Gasteiger partial charge on any atom is -0.493 e. The van der Waals surface area contributed by atoms with Crippen molar-refractivity contribution in [3.05, 3.63) is 57.6 Å². The number of hydrogen-bond acceptors (Lipinski definition) is 5. The summed E-state index contributed by atoms with van der Waals surface area (Å²) in [5.41, 5.74) is 1.11. The van der Waals surface area contributed by atoms with Gasteiger partial charge in [0.15, 0.2) is 11.5 Å². The van der Waals surface area contributed by atoms with E-state index in [1.165, 1.54) is 19.2 Å². The van der Waals surface area contributed by atoms with Crippen LogP contribution in [0.5, 0.6) is 11.5 Å². The number of nitrogens with one attached hydrogen (secondary N) is 1. The number of anilines is 1. The van der Waals surface area contributed by atoms with Gasteiger partial charge in [0.1, 0.15) is 0 Å². The van der Waals surface area contributed by atoms with Gasteiger partial charge in [-0.3, -0.25) is 14.9 Å². The van der Waals surface area contributed by atoms with E-state index in [9.17, 15) is 14.9 Å². The van der Waals surface area contributed by atoms with E-state index in [1.807, 2.05) is 6.92 Å². The van der Waals surface area contributed by atoms with Crippen LogP contribution in [0.1, 0.15) is 22.8 Å². The van der Waals surface area contributed by atoms with Crippen LogP contribution in [0.15, 0.2) is 36.4 Å². The van der Waals surface area contributed by atoms with Gasteiger partial charge in [-0.1, -0.05) is 6.07 Å². The molecule has 7 nitrogen and oxygen atoms in total. The fraction of sp³-hybridized carbons (Fsp3) is 0.235. The first-order valence-electron chi connectivity index (χ1n) is 7.34. The molecule has 1 amide bonds. The normalized spacial score (nSPS) is 10.1. The molecule has 126 valence electrons. The zero-order valence-electron chi connectivity index (χ0n) is 13.7. The number of nitro benzene ring substituents is 1. The van der Waals surface area contributed by atoms with E-state index < -0.39 is 4.92 Å². The Morgan fingerprint density at radius 1 is 1.25 bits per heavy atom. The van der Waals surface area contributed by atoms with E-state index >= 15 is 0 Å². The molecule has 0 aromatic heterocycles. The minimum absolute atomic E-state index is 0.0444. The molecule has 0 unspecified atom stereocenters. The quantitative estimate of drug-likeness (QED) is 0.646. The first kappa shape index (κ1) is 17.3. The predicted octanol–water partition coefficient (Wildman–Crippen LogP) is 3.56. The Balaban J connectivity index is 2.27. The lowest BCUT2D eigenvalue weighted by Gasteiger charge is -2.12. The molecule has 0 saturated heterocycles. The lowest BCUT2D eigenvalue weighted by atomic mass is 10.1. The molecule has 2 rings (SSSR count). The predicted molar refractivity (Wildman–Crippen MR) is 89.9 cm³/mol. The van der Waals surface area contributed by atoms with Crippen LogP contribution in [-0.4, -0.2) is 24.5 Å². The number of nitro groups is 1. The van der Waals surface area contributed by atoms with Gasteiger partial charge in [0, 0.05) is 11.6 Å². The maximum atomic E-state index is 12.4. The van der Waals surface area contributed by atoms with Crippen LogP contribution < -0.4 is 14.8 Å². The molecule has 0 fully saturated rings. The summed E-state index contributed by atoms with van der Waals surface area (Å²) in [5, 5.41) is 13.7. The number of rotatable bonds is 6. The molecular weight excluding hydrogens is 312 g/mol. The third-order valence-corrected chi connectivity index (χ3v) is 3.48. The first-order valence-corrected chi connectivity index (χ1v) is 7.34. The Labute approximate surface area is 139 Å². The summed E-state index contributed by atoms with van der Waals surface area (Å²) in [5.74, 6) is 0.600. The van der Waals surface area contributed by atoms with Crippen molar-refractivity contribution in [2.75, 3.05) is 19.0 Å². The summed E-state index contributed by atoms with van der Waals surface area (Å²) in [6.07, 6.45) is 0. The molecule has 0 atom stereocenters. The molecule has 0 saturated carbocycles. The van der Waals surface area contributed by atoms with E-state index in [2.05, 4.69) is 5.32 Å². The van der Waals surface area contributed by atoms with Crippen molar-refractivity contribution in [1.29, 1.82) is 0 Å². The van der Waals surface area contributed by atoms with Crippen molar-refractivity contribution < 1.29 is 19.2 Å². The van der Waals surface area contributed by atoms with Gasteiger partial charge in [0.05, 0.1) is 29.9 Å². The summed E-state index contributed by atoms with van der Waals surface area (Å²) in [7, 11) is 1.49. The van der Waals surface area contributed by atoms with Gasteiger partial charge in [-0.25, -0.2) is 0 Å². The second-order valence-electron chi connectivity index (χ2n) is 4.96. The largest absolute Gasteiger partial charge is 0.493 e. The highest BCUT2D eigenvalue weighted by Gasteiger charge is 2.16. The Hall–Kier alpha value is -3.09. The highest BCUT2D eigenvalue weighted by molar-refractivity contribution is 6.05. The number of benzene rings is 2. The van der Waals surface area contributed by atoms with E-state index in [4.69, 9.17) is 9.47 Å². The zero-order valence-corrected chi connectivity index (χ0v) is 13.7. The van der Waals surface area contributed by atoms with Crippen molar-refractivity contribution >= 4 is 17.3 Å². The number of hydrogen-bond donors (Lipinski definition) is 1. The summed E-state index contributed by atoms with van der Waals surface area (Å²) in [6, 6.07) is 9.36. The highest BCUT2D eigenvalue weighted by Crippen LogP contribution is 2.29. The van der Waals surface area contributed by atoms with Crippen molar-refractivity contribution in [2.24, 2.45) is 0 Å². The van der Waals surface area contributed by atoms with E-state index in [0.29, 0.717) is 34.9 Å². The Morgan fingerprint density at radius 3 is 2.62 bits per heavy atom. The molecule has 0 aliphatic carbocycles. The van der Waals surface area contributed by atoms with Crippen LogP contribution >= 0.6 is 0 Å². The molecule has 0 aliphatic rings. The van der Waals surface area contributed by atoms with Crippen LogP contribution in [0.25, 0.3) is 0 Å². The Bertz CT molecular complexity index is 774. The summed E-state index contributed by atoms with van der Waals surface area (Å²) < 4.78 is 10.6. The molecule has 1 N–H and O–H groups in total. The van der Waals surface area contributed by atoms with Crippen LogP contribution in [0.4, 0.5) is 11.4 Å². The standard InChI is InChI=1S/C17H18N2O5/c1-4-24-15-9-8-12(10-16(15)23-3)17(20)18-13-6-5-7-14(11(13)2)19(21)22/h5-10H,4H2,1-3H3,(H,18,20). The smallest absolute Gasteiger partial charge is 0.274 e. The maximum absolute atomic E-state index is 12.4. The monoisotopic (exact) mass is 330 g/mol. The SMILES string of the molecule is CCOc1ccc(C(=O)Nc2cccc([N+](=O)[O-])c2C)cc1OC. The Morgan fingerprint density at radius 2 is 2.00 bits per heavy atom.